The first kappa shape index (κ1) is 14.3. The third-order valence-corrected chi connectivity index (χ3v) is 3.81. The van der Waals surface area contributed by atoms with Gasteiger partial charge in [0, 0.05) is 29.5 Å². The number of esters is 1. The molecule has 4 aromatic rings. The van der Waals surface area contributed by atoms with E-state index in [-0.39, 0.29) is 0 Å². The number of hydrogen-bond donors (Lipinski definition) is 0. The molecular formula is C18H14N4O2. The van der Waals surface area contributed by atoms with Gasteiger partial charge in [-0.1, -0.05) is 18.2 Å². The largest absolute Gasteiger partial charge is 0.462 e. The molecule has 0 radical (unpaired) electrons. The monoisotopic (exact) mass is 318 g/mol. The number of hydrogen-bond acceptors (Lipinski definition) is 5. The van der Waals surface area contributed by atoms with Crippen molar-refractivity contribution in [3.63, 3.8) is 0 Å². The van der Waals surface area contributed by atoms with E-state index in [4.69, 9.17) is 4.74 Å². The van der Waals surface area contributed by atoms with Gasteiger partial charge in [-0.25, -0.2) is 14.3 Å². The molecule has 0 bridgehead atoms. The number of para-hydroxylation sites is 1. The molecule has 6 heteroatoms. The topological polar surface area (TPSA) is 69.4 Å². The summed E-state index contributed by atoms with van der Waals surface area (Å²) in [5, 5.41) is 5.36. The van der Waals surface area contributed by atoms with Gasteiger partial charge in [0.25, 0.3) is 0 Å². The van der Waals surface area contributed by atoms with E-state index in [9.17, 15) is 4.79 Å². The summed E-state index contributed by atoms with van der Waals surface area (Å²) in [5.74, 6) is -0.404. The zero-order chi connectivity index (χ0) is 16.5. The van der Waals surface area contributed by atoms with Gasteiger partial charge in [-0.3, -0.25) is 4.98 Å². The number of carbonyl (C=O) groups is 1. The Morgan fingerprint density at radius 2 is 2.00 bits per heavy atom. The van der Waals surface area contributed by atoms with E-state index in [1.165, 1.54) is 6.20 Å². The van der Waals surface area contributed by atoms with E-state index < -0.39 is 5.97 Å². The van der Waals surface area contributed by atoms with Gasteiger partial charge in [-0.05, 0) is 24.6 Å². The molecule has 3 aromatic heterocycles. The highest BCUT2D eigenvalue weighted by atomic mass is 16.5. The summed E-state index contributed by atoms with van der Waals surface area (Å²) in [5.41, 5.74) is 3.87. The average Bonchev–Trinajstić information content (AvgIpc) is 3.04. The number of carbonyl (C=O) groups excluding carboxylic acids is 1. The van der Waals surface area contributed by atoms with Gasteiger partial charge in [0.2, 0.25) is 0 Å². The Morgan fingerprint density at radius 1 is 1.12 bits per heavy atom. The summed E-state index contributed by atoms with van der Waals surface area (Å²) in [4.78, 5) is 20.6. The molecule has 1 aromatic carbocycles. The number of fused-ring (bicyclic) bond motifs is 2. The van der Waals surface area contributed by atoms with Crippen LogP contribution in [0.15, 0.2) is 55.1 Å². The maximum Gasteiger partial charge on any atom is 0.341 e. The summed E-state index contributed by atoms with van der Waals surface area (Å²) in [6.07, 6.45) is 6.67. The lowest BCUT2D eigenvalue weighted by Crippen LogP contribution is -2.07. The van der Waals surface area contributed by atoms with Crippen molar-refractivity contribution in [2.75, 3.05) is 6.61 Å². The van der Waals surface area contributed by atoms with Crippen LogP contribution in [0.3, 0.4) is 0 Å². The summed E-state index contributed by atoms with van der Waals surface area (Å²) in [6.45, 7) is 2.09. The molecule has 0 N–H and O–H groups in total. The first-order chi connectivity index (χ1) is 11.8. The van der Waals surface area contributed by atoms with Crippen LogP contribution in [0.2, 0.25) is 0 Å². The van der Waals surface area contributed by atoms with Crippen LogP contribution in [-0.2, 0) is 4.74 Å². The minimum atomic E-state index is -0.404. The molecule has 6 nitrogen and oxygen atoms in total. The first-order valence-corrected chi connectivity index (χ1v) is 7.62. The van der Waals surface area contributed by atoms with Crippen LogP contribution in [0.1, 0.15) is 17.3 Å². The maximum atomic E-state index is 11.8. The number of ether oxygens (including phenoxy) is 1. The van der Waals surface area contributed by atoms with Gasteiger partial charge >= 0.3 is 5.97 Å². The van der Waals surface area contributed by atoms with Crippen LogP contribution < -0.4 is 0 Å². The predicted molar refractivity (Wildman–Crippen MR) is 89.7 cm³/mol. The third kappa shape index (κ3) is 2.28. The van der Waals surface area contributed by atoms with Gasteiger partial charge in [0.1, 0.15) is 0 Å². The standard InChI is InChI=1S/C18H14N4O2/c1-2-24-18(23)12-9-20-17-15(10-21-22(17)11-12)13-7-8-19-16-6-4-3-5-14(13)16/h3-11H,2H2,1H3. The van der Waals surface area contributed by atoms with Crippen molar-refractivity contribution in [1.82, 2.24) is 19.6 Å². The maximum absolute atomic E-state index is 11.8. The molecule has 0 aliphatic rings. The normalized spacial score (nSPS) is 11.0. The van der Waals surface area contributed by atoms with Crippen LogP contribution in [0.4, 0.5) is 0 Å². The Bertz CT molecular complexity index is 1050. The van der Waals surface area contributed by atoms with Crippen LogP contribution in [-0.4, -0.2) is 32.2 Å². The lowest BCUT2D eigenvalue weighted by Gasteiger charge is -2.05. The van der Waals surface area contributed by atoms with Gasteiger partial charge in [-0.2, -0.15) is 5.10 Å². The summed E-state index contributed by atoms with van der Waals surface area (Å²) in [7, 11) is 0. The fraction of sp³-hybridized carbons (Fsp3) is 0.111. The number of rotatable bonds is 3. The van der Waals surface area contributed by atoms with Crippen molar-refractivity contribution in [2.24, 2.45) is 0 Å². The molecule has 0 saturated heterocycles. The fourth-order valence-electron chi connectivity index (χ4n) is 2.72. The zero-order valence-electron chi connectivity index (χ0n) is 13.0. The van der Waals surface area contributed by atoms with E-state index >= 15 is 0 Å². The fourth-order valence-corrected chi connectivity index (χ4v) is 2.72. The van der Waals surface area contributed by atoms with Crippen molar-refractivity contribution in [3.05, 3.63) is 60.7 Å². The molecule has 0 atom stereocenters. The summed E-state index contributed by atoms with van der Waals surface area (Å²) in [6, 6.07) is 9.87. The van der Waals surface area contributed by atoms with Crippen LogP contribution >= 0.6 is 0 Å². The van der Waals surface area contributed by atoms with Crippen LogP contribution in [0, 0.1) is 0 Å². The lowest BCUT2D eigenvalue weighted by molar-refractivity contribution is 0.0525. The molecule has 0 fully saturated rings. The van der Waals surface area contributed by atoms with Gasteiger partial charge < -0.3 is 4.74 Å². The zero-order valence-corrected chi connectivity index (χ0v) is 13.0. The Balaban J connectivity index is 1.87. The van der Waals surface area contributed by atoms with E-state index in [2.05, 4.69) is 15.1 Å². The summed E-state index contributed by atoms with van der Waals surface area (Å²) >= 11 is 0. The highest BCUT2D eigenvalue weighted by molar-refractivity contribution is 5.97. The highest BCUT2D eigenvalue weighted by Gasteiger charge is 2.14. The molecule has 4 rings (SSSR count). The molecular weight excluding hydrogens is 304 g/mol. The molecule has 0 aliphatic carbocycles. The van der Waals surface area contributed by atoms with E-state index in [1.54, 1.807) is 30.0 Å². The van der Waals surface area contributed by atoms with Gasteiger partial charge in [0.05, 0.1) is 23.9 Å². The Hall–Kier alpha value is -3.28. The second kappa shape index (κ2) is 5.73. The quantitative estimate of drug-likeness (QED) is 0.543. The molecule has 0 spiro atoms. The SMILES string of the molecule is CCOC(=O)c1cnc2c(-c3ccnc4ccccc34)cnn2c1. The molecule has 0 unspecified atom stereocenters. The van der Waals surface area contributed by atoms with Crippen LogP contribution in [0.5, 0.6) is 0 Å². The second-order valence-corrected chi connectivity index (χ2v) is 5.27. The number of nitrogens with zero attached hydrogens (tertiary/aromatic N) is 4. The van der Waals surface area contributed by atoms with Gasteiger partial charge in [-0.15, -0.1) is 0 Å². The molecule has 24 heavy (non-hydrogen) atoms. The minimum Gasteiger partial charge on any atom is -0.462 e. The Morgan fingerprint density at radius 3 is 2.88 bits per heavy atom. The van der Waals surface area contributed by atoms with E-state index in [1.807, 2.05) is 30.3 Å². The van der Waals surface area contributed by atoms with E-state index in [0.29, 0.717) is 17.8 Å². The molecule has 0 aliphatic heterocycles. The lowest BCUT2D eigenvalue weighted by atomic mass is 10.0. The molecule has 3 heterocycles. The minimum absolute atomic E-state index is 0.324. The third-order valence-electron chi connectivity index (χ3n) is 3.81. The van der Waals surface area contributed by atoms with Gasteiger partial charge in [0.15, 0.2) is 5.65 Å². The average molecular weight is 318 g/mol. The predicted octanol–water partition coefficient (Wildman–Crippen LogP) is 3.12. The molecule has 0 amide bonds. The number of pyridine rings is 1. The highest BCUT2D eigenvalue weighted by Crippen LogP contribution is 2.29. The smallest absolute Gasteiger partial charge is 0.341 e. The van der Waals surface area contributed by atoms with Crippen molar-refractivity contribution < 1.29 is 9.53 Å². The second-order valence-electron chi connectivity index (χ2n) is 5.27. The van der Waals surface area contributed by atoms with Crippen molar-refractivity contribution >= 4 is 22.5 Å². The van der Waals surface area contributed by atoms with Crippen molar-refractivity contribution in [2.45, 2.75) is 6.92 Å². The summed E-state index contributed by atoms with van der Waals surface area (Å²) < 4.78 is 6.59. The van der Waals surface area contributed by atoms with Crippen LogP contribution in [0.25, 0.3) is 27.7 Å². The van der Waals surface area contributed by atoms with Crippen molar-refractivity contribution in [3.8, 4) is 11.1 Å². The first-order valence-electron chi connectivity index (χ1n) is 7.62. The molecule has 0 saturated carbocycles. The Labute approximate surface area is 137 Å². The number of aromatic nitrogens is 4. The number of benzene rings is 1. The van der Waals surface area contributed by atoms with E-state index in [0.717, 1.165) is 22.0 Å². The molecule has 118 valence electrons. The Kier molecular flexibility index (Phi) is 3.42. The van der Waals surface area contributed by atoms with Crippen molar-refractivity contribution in [1.29, 1.82) is 0 Å².